The van der Waals surface area contributed by atoms with E-state index in [0.29, 0.717) is 18.8 Å². The molecule has 0 bridgehead atoms. The van der Waals surface area contributed by atoms with Gasteiger partial charge in [-0.25, -0.2) is 9.78 Å². The lowest BCUT2D eigenvalue weighted by molar-refractivity contribution is 0.0696. The van der Waals surface area contributed by atoms with E-state index in [0.717, 1.165) is 5.01 Å². The summed E-state index contributed by atoms with van der Waals surface area (Å²) in [7, 11) is 0. The van der Waals surface area contributed by atoms with Crippen LogP contribution in [0.2, 0.25) is 0 Å². The van der Waals surface area contributed by atoms with E-state index in [-0.39, 0.29) is 5.56 Å². The average molecular weight is 252 g/mol. The number of carboxylic acid groups (broad SMARTS) is 1. The molecule has 0 radical (unpaired) electrons. The van der Waals surface area contributed by atoms with Gasteiger partial charge in [0.2, 0.25) is 0 Å². The number of hydrogen-bond donors (Lipinski definition) is 2. The smallest absolute Gasteiger partial charge is 0.338 e. The van der Waals surface area contributed by atoms with Crippen LogP contribution in [0.1, 0.15) is 26.0 Å². The van der Waals surface area contributed by atoms with Crippen LogP contribution >= 0.6 is 11.3 Å². The molecule has 90 valence electrons. The molecule has 0 aliphatic rings. The van der Waals surface area contributed by atoms with Crippen molar-refractivity contribution in [2.45, 2.75) is 20.0 Å². The van der Waals surface area contributed by atoms with Gasteiger partial charge in [0.15, 0.2) is 0 Å². The summed E-state index contributed by atoms with van der Waals surface area (Å²) < 4.78 is 5.11. The minimum Gasteiger partial charge on any atom is -0.478 e. The van der Waals surface area contributed by atoms with Crippen molar-refractivity contribution in [2.24, 2.45) is 0 Å². The Bertz CT molecular complexity index is 518. The summed E-state index contributed by atoms with van der Waals surface area (Å²) >= 11 is 1.63. The topological polar surface area (TPSA) is 75.4 Å². The highest BCUT2D eigenvalue weighted by Gasteiger charge is 2.07. The lowest BCUT2D eigenvalue weighted by Gasteiger charge is -1.98. The quantitative estimate of drug-likeness (QED) is 0.851. The van der Waals surface area contributed by atoms with Crippen LogP contribution in [0.3, 0.4) is 0 Å². The number of aromatic nitrogens is 1. The molecule has 0 aliphatic heterocycles. The van der Waals surface area contributed by atoms with Crippen LogP contribution in [0.5, 0.6) is 0 Å². The van der Waals surface area contributed by atoms with E-state index < -0.39 is 5.97 Å². The molecule has 0 fully saturated rings. The number of nitrogens with one attached hydrogen (secondary N) is 1. The number of carboxylic acids is 1. The zero-order valence-corrected chi connectivity index (χ0v) is 10.1. The highest BCUT2D eigenvalue weighted by molar-refractivity contribution is 7.11. The number of aromatic carboxylic acids is 1. The normalized spacial score (nSPS) is 10.6. The van der Waals surface area contributed by atoms with Crippen molar-refractivity contribution in [1.82, 2.24) is 10.3 Å². The summed E-state index contributed by atoms with van der Waals surface area (Å²) in [4.78, 5) is 16.0. The van der Waals surface area contributed by atoms with Gasteiger partial charge in [-0.15, -0.1) is 11.3 Å². The molecule has 17 heavy (non-hydrogen) atoms. The Morgan fingerprint density at radius 1 is 1.59 bits per heavy atom. The molecular weight excluding hydrogens is 240 g/mol. The number of aryl methyl sites for hydroxylation is 1. The molecule has 0 saturated carbocycles. The van der Waals surface area contributed by atoms with Gasteiger partial charge >= 0.3 is 5.97 Å². The van der Waals surface area contributed by atoms with E-state index in [1.807, 2.05) is 13.1 Å². The maximum atomic E-state index is 10.6. The van der Waals surface area contributed by atoms with Gasteiger partial charge in [-0.2, -0.15) is 0 Å². The standard InChI is InChI=1S/C11H12N2O3S/c1-7-3-13-10(17-7)5-12-4-9-2-8(6-16-9)11(14)15/h2-3,6,12H,4-5H2,1H3,(H,14,15). The van der Waals surface area contributed by atoms with Crippen LogP contribution < -0.4 is 5.32 Å². The average Bonchev–Trinajstić information content (AvgIpc) is 2.88. The van der Waals surface area contributed by atoms with Crippen molar-refractivity contribution in [3.8, 4) is 0 Å². The molecule has 0 spiro atoms. The first-order valence-electron chi connectivity index (χ1n) is 5.08. The van der Waals surface area contributed by atoms with Gasteiger partial charge in [0, 0.05) is 17.6 Å². The Balaban J connectivity index is 1.83. The van der Waals surface area contributed by atoms with Crippen molar-refractivity contribution in [1.29, 1.82) is 0 Å². The third-order valence-corrected chi connectivity index (χ3v) is 3.06. The minimum atomic E-state index is -0.976. The fourth-order valence-electron chi connectivity index (χ4n) is 1.36. The summed E-state index contributed by atoms with van der Waals surface area (Å²) in [5.41, 5.74) is 0.173. The Hall–Kier alpha value is -1.66. The summed E-state index contributed by atoms with van der Waals surface area (Å²) in [6, 6.07) is 1.52. The Labute approximate surface area is 102 Å². The molecule has 0 saturated heterocycles. The molecule has 6 heteroatoms. The van der Waals surface area contributed by atoms with Crippen LogP contribution in [0.25, 0.3) is 0 Å². The van der Waals surface area contributed by atoms with Gasteiger partial charge in [-0.3, -0.25) is 0 Å². The van der Waals surface area contributed by atoms with E-state index >= 15 is 0 Å². The minimum absolute atomic E-state index is 0.173. The Morgan fingerprint density at radius 2 is 2.41 bits per heavy atom. The van der Waals surface area contributed by atoms with Gasteiger partial charge in [0.05, 0.1) is 12.1 Å². The van der Waals surface area contributed by atoms with Gasteiger partial charge in [0.25, 0.3) is 0 Å². The summed E-state index contributed by atoms with van der Waals surface area (Å²) in [5.74, 6) is -0.369. The first-order valence-corrected chi connectivity index (χ1v) is 5.89. The molecule has 2 heterocycles. The zero-order chi connectivity index (χ0) is 12.3. The molecule has 0 unspecified atom stereocenters. The van der Waals surface area contributed by atoms with E-state index in [4.69, 9.17) is 9.52 Å². The summed E-state index contributed by atoms with van der Waals surface area (Å²) in [6.07, 6.45) is 3.07. The van der Waals surface area contributed by atoms with Crippen LogP contribution in [-0.4, -0.2) is 16.1 Å². The van der Waals surface area contributed by atoms with Crippen molar-refractivity contribution in [2.75, 3.05) is 0 Å². The van der Waals surface area contributed by atoms with Crippen LogP contribution in [0.15, 0.2) is 22.9 Å². The molecule has 0 aliphatic carbocycles. The predicted octanol–water partition coefficient (Wildman–Crippen LogP) is 2.03. The van der Waals surface area contributed by atoms with E-state index in [2.05, 4.69) is 10.3 Å². The largest absolute Gasteiger partial charge is 0.478 e. The molecule has 0 amide bonds. The van der Waals surface area contributed by atoms with Gasteiger partial charge in [0.1, 0.15) is 17.0 Å². The lowest BCUT2D eigenvalue weighted by Crippen LogP contribution is -2.11. The first kappa shape index (κ1) is 11.8. The van der Waals surface area contributed by atoms with Gasteiger partial charge in [-0.1, -0.05) is 0 Å². The van der Waals surface area contributed by atoms with Crippen LogP contribution in [0, 0.1) is 6.92 Å². The second-order valence-electron chi connectivity index (χ2n) is 3.58. The molecule has 2 aromatic heterocycles. The van der Waals surface area contributed by atoms with Gasteiger partial charge < -0.3 is 14.8 Å². The second-order valence-corrected chi connectivity index (χ2v) is 4.89. The van der Waals surface area contributed by atoms with Crippen molar-refractivity contribution in [3.05, 3.63) is 39.7 Å². The highest BCUT2D eigenvalue weighted by atomic mass is 32.1. The van der Waals surface area contributed by atoms with Crippen molar-refractivity contribution >= 4 is 17.3 Å². The molecule has 0 atom stereocenters. The van der Waals surface area contributed by atoms with Crippen molar-refractivity contribution < 1.29 is 14.3 Å². The fourth-order valence-corrected chi connectivity index (χ4v) is 2.12. The van der Waals surface area contributed by atoms with E-state index in [1.165, 1.54) is 17.2 Å². The number of furan rings is 1. The highest BCUT2D eigenvalue weighted by Crippen LogP contribution is 2.11. The third kappa shape index (κ3) is 3.15. The molecule has 2 N–H and O–H groups in total. The zero-order valence-electron chi connectivity index (χ0n) is 9.27. The predicted molar refractivity (Wildman–Crippen MR) is 63.1 cm³/mol. The number of thiazole rings is 1. The van der Waals surface area contributed by atoms with E-state index in [9.17, 15) is 4.79 Å². The van der Waals surface area contributed by atoms with Crippen LogP contribution in [0.4, 0.5) is 0 Å². The molecule has 2 rings (SSSR count). The van der Waals surface area contributed by atoms with Gasteiger partial charge in [-0.05, 0) is 13.0 Å². The lowest BCUT2D eigenvalue weighted by atomic mass is 10.3. The number of nitrogens with zero attached hydrogens (tertiary/aromatic N) is 1. The van der Waals surface area contributed by atoms with Crippen LogP contribution in [-0.2, 0) is 13.1 Å². The maximum Gasteiger partial charge on any atom is 0.338 e. The maximum absolute atomic E-state index is 10.6. The fraction of sp³-hybridized carbons (Fsp3) is 0.273. The molecular formula is C11H12N2O3S. The summed E-state index contributed by atoms with van der Waals surface area (Å²) in [6.45, 7) is 3.15. The Morgan fingerprint density at radius 3 is 3.00 bits per heavy atom. The number of hydrogen-bond acceptors (Lipinski definition) is 5. The molecule has 5 nitrogen and oxygen atoms in total. The molecule has 2 aromatic rings. The Kier molecular flexibility index (Phi) is 3.55. The van der Waals surface area contributed by atoms with Crippen molar-refractivity contribution in [3.63, 3.8) is 0 Å². The first-order chi connectivity index (χ1) is 8.15. The summed E-state index contributed by atoms with van der Waals surface area (Å²) in [5, 5.41) is 12.9. The number of rotatable bonds is 5. The number of carbonyl (C=O) groups is 1. The third-order valence-electron chi connectivity index (χ3n) is 2.15. The molecule has 0 aromatic carbocycles. The second kappa shape index (κ2) is 5.11. The monoisotopic (exact) mass is 252 g/mol. The van der Waals surface area contributed by atoms with E-state index in [1.54, 1.807) is 11.3 Å². The SMILES string of the molecule is Cc1cnc(CNCc2cc(C(=O)O)co2)s1.